The molecule has 2 heterocycles. The summed E-state index contributed by atoms with van der Waals surface area (Å²) < 4.78 is 1.46. The van der Waals surface area contributed by atoms with Crippen LogP contribution in [0.4, 0.5) is 5.69 Å². The van der Waals surface area contributed by atoms with Crippen LogP contribution in [0.3, 0.4) is 0 Å². The Morgan fingerprint density at radius 3 is 2.58 bits per heavy atom. The number of amides is 1. The number of hydrogen-bond donors (Lipinski definition) is 2. The molecule has 0 saturated carbocycles. The fourth-order valence-electron chi connectivity index (χ4n) is 3.89. The van der Waals surface area contributed by atoms with Crippen molar-refractivity contribution in [1.82, 2.24) is 14.5 Å². The van der Waals surface area contributed by atoms with Crippen LogP contribution in [-0.4, -0.2) is 45.5 Å². The Kier molecular flexibility index (Phi) is 5.88. The number of fused-ring (bicyclic) bond motifs is 3. The molecule has 0 fully saturated rings. The highest BCUT2D eigenvalue weighted by Gasteiger charge is 2.23. The van der Waals surface area contributed by atoms with Gasteiger partial charge in [-0.2, -0.15) is 0 Å². The molecule has 4 rings (SSSR count). The lowest BCUT2D eigenvalue weighted by molar-refractivity contribution is -0.116. The Hall–Kier alpha value is -3.04. The van der Waals surface area contributed by atoms with E-state index in [1.807, 2.05) is 19.0 Å². The molecule has 0 atom stereocenters. The van der Waals surface area contributed by atoms with Crippen molar-refractivity contribution in [3.63, 3.8) is 0 Å². The van der Waals surface area contributed by atoms with E-state index in [1.165, 1.54) is 33.7 Å². The fraction of sp³-hybridized carbons (Fsp3) is 0.364. The summed E-state index contributed by atoms with van der Waals surface area (Å²) >= 11 is 1.60. The lowest BCUT2D eigenvalue weighted by Gasteiger charge is -2.16. The molecule has 1 amide bonds. The minimum absolute atomic E-state index is 0.138. The predicted octanol–water partition coefficient (Wildman–Crippen LogP) is 2.74. The Balaban J connectivity index is 1.67. The second-order valence-corrected chi connectivity index (χ2v) is 9.06. The van der Waals surface area contributed by atoms with E-state index in [0.29, 0.717) is 23.4 Å². The van der Waals surface area contributed by atoms with Gasteiger partial charge in [0.25, 0.3) is 5.56 Å². The van der Waals surface area contributed by atoms with Crippen LogP contribution in [0.5, 0.6) is 0 Å². The van der Waals surface area contributed by atoms with Crippen molar-refractivity contribution in [2.24, 2.45) is 0 Å². The average molecular weight is 441 g/mol. The third-order valence-corrected chi connectivity index (χ3v) is 6.51. The van der Waals surface area contributed by atoms with Crippen LogP contribution in [0.15, 0.2) is 29.1 Å². The zero-order chi connectivity index (χ0) is 22.1. The Labute approximate surface area is 183 Å². The molecular weight excluding hydrogens is 416 g/mol. The van der Waals surface area contributed by atoms with E-state index >= 15 is 0 Å². The van der Waals surface area contributed by atoms with Gasteiger partial charge in [-0.25, -0.2) is 9.78 Å². The first-order valence-corrected chi connectivity index (χ1v) is 11.0. The van der Waals surface area contributed by atoms with Crippen molar-refractivity contribution in [1.29, 1.82) is 0 Å². The highest BCUT2D eigenvalue weighted by molar-refractivity contribution is 7.18. The van der Waals surface area contributed by atoms with Gasteiger partial charge >= 0.3 is 5.97 Å². The SMILES string of the molecule is CN(C)Cc1nc2sc3c(c2c(=O)n1CC(=O)Nc1ccc(C(=O)O)cc1)CCCC3. The minimum atomic E-state index is -1.03. The van der Waals surface area contributed by atoms with Crippen molar-refractivity contribution in [3.8, 4) is 0 Å². The smallest absolute Gasteiger partial charge is 0.335 e. The number of thiophene rings is 1. The lowest BCUT2D eigenvalue weighted by Crippen LogP contribution is -2.33. The molecule has 1 aromatic carbocycles. The summed E-state index contributed by atoms with van der Waals surface area (Å²) in [7, 11) is 3.79. The quantitative estimate of drug-likeness (QED) is 0.611. The van der Waals surface area contributed by atoms with Gasteiger partial charge in [-0.1, -0.05) is 0 Å². The van der Waals surface area contributed by atoms with Crippen LogP contribution in [0.2, 0.25) is 0 Å². The highest BCUT2D eigenvalue weighted by atomic mass is 32.1. The van der Waals surface area contributed by atoms with Crippen molar-refractivity contribution >= 4 is 39.1 Å². The van der Waals surface area contributed by atoms with E-state index in [1.54, 1.807) is 11.3 Å². The number of anilines is 1. The Bertz CT molecular complexity index is 1210. The molecule has 0 aliphatic heterocycles. The Morgan fingerprint density at radius 2 is 1.90 bits per heavy atom. The summed E-state index contributed by atoms with van der Waals surface area (Å²) in [5.41, 5.74) is 1.54. The highest BCUT2D eigenvalue weighted by Crippen LogP contribution is 2.33. The second-order valence-electron chi connectivity index (χ2n) is 7.98. The van der Waals surface area contributed by atoms with Crippen molar-refractivity contribution in [3.05, 3.63) is 56.4 Å². The number of aryl methyl sites for hydroxylation is 2. The molecule has 2 aromatic heterocycles. The molecule has 9 heteroatoms. The zero-order valence-electron chi connectivity index (χ0n) is 17.5. The van der Waals surface area contributed by atoms with Gasteiger partial charge in [0, 0.05) is 10.6 Å². The number of carboxylic acids is 1. The number of nitrogens with one attached hydrogen (secondary N) is 1. The van der Waals surface area contributed by atoms with Gasteiger partial charge in [-0.05, 0) is 69.6 Å². The molecule has 0 saturated heterocycles. The summed E-state index contributed by atoms with van der Waals surface area (Å²) in [5, 5.41) is 12.4. The van der Waals surface area contributed by atoms with Gasteiger partial charge in [0.2, 0.25) is 5.91 Å². The number of hydrogen-bond acceptors (Lipinski definition) is 6. The number of rotatable bonds is 6. The monoisotopic (exact) mass is 440 g/mol. The molecular formula is C22H24N4O4S. The summed E-state index contributed by atoms with van der Waals surface area (Å²) in [4.78, 5) is 45.8. The topological polar surface area (TPSA) is 105 Å². The molecule has 0 spiro atoms. The number of benzene rings is 1. The van der Waals surface area contributed by atoms with E-state index in [2.05, 4.69) is 5.32 Å². The van der Waals surface area contributed by atoms with Gasteiger partial charge < -0.3 is 15.3 Å². The minimum Gasteiger partial charge on any atom is -0.478 e. The number of carbonyl (C=O) groups is 2. The van der Waals surface area contributed by atoms with Crippen molar-refractivity contribution in [2.75, 3.05) is 19.4 Å². The number of nitrogens with zero attached hydrogens (tertiary/aromatic N) is 3. The molecule has 1 aliphatic rings. The van der Waals surface area contributed by atoms with Crippen LogP contribution >= 0.6 is 11.3 Å². The normalized spacial score (nSPS) is 13.4. The zero-order valence-corrected chi connectivity index (χ0v) is 18.3. The van der Waals surface area contributed by atoms with Gasteiger partial charge in [0.1, 0.15) is 17.2 Å². The molecule has 31 heavy (non-hydrogen) atoms. The molecule has 0 radical (unpaired) electrons. The molecule has 2 N–H and O–H groups in total. The van der Waals surface area contributed by atoms with E-state index in [9.17, 15) is 14.4 Å². The maximum absolute atomic E-state index is 13.4. The predicted molar refractivity (Wildman–Crippen MR) is 120 cm³/mol. The van der Waals surface area contributed by atoms with Crippen LogP contribution in [0.25, 0.3) is 10.2 Å². The summed E-state index contributed by atoms with van der Waals surface area (Å²) in [6.45, 7) is 0.282. The standard InChI is InChI=1S/C22H24N4O4S/c1-25(2)11-17-24-20-19(15-5-3-4-6-16(15)31-20)21(28)26(17)12-18(27)23-14-9-7-13(8-10-14)22(29)30/h7-10H,3-6,11-12H2,1-2H3,(H,23,27)(H,29,30). The molecule has 3 aromatic rings. The first-order chi connectivity index (χ1) is 14.8. The van der Waals surface area contributed by atoms with E-state index in [-0.39, 0.29) is 23.6 Å². The lowest BCUT2D eigenvalue weighted by atomic mass is 9.97. The molecule has 0 unspecified atom stereocenters. The van der Waals surface area contributed by atoms with E-state index in [0.717, 1.165) is 36.1 Å². The average Bonchev–Trinajstić information content (AvgIpc) is 3.09. The molecule has 162 valence electrons. The first kappa shape index (κ1) is 21.2. The van der Waals surface area contributed by atoms with Gasteiger partial charge in [-0.3, -0.25) is 14.2 Å². The maximum atomic E-state index is 13.4. The number of aromatic carboxylic acids is 1. The number of aromatic nitrogens is 2. The third-order valence-electron chi connectivity index (χ3n) is 5.33. The van der Waals surface area contributed by atoms with Gasteiger partial charge in [-0.15, -0.1) is 11.3 Å². The molecule has 1 aliphatic carbocycles. The van der Waals surface area contributed by atoms with Crippen LogP contribution in [0, 0.1) is 0 Å². The largest absolute Gasteiger partial charge is 0.478 e. The maximum Gasteiger partial charge on any atom is 0.335 e. The fourth-order valence-corrected chi connectivity index (χ4v) is 5.16. The number of carboxylic acid groups (broad SMARTS) is 1. The summed E-state index contributed by atoms with van der Waals surface area (Å²) in [6, 6.07) is 5.91. The summed E-state index contributed by atoms with van der Waals surface area (Å²) in [5.74, 6) is -0.843. The summed E-state index contributed by atoms with van der Waals surface area (Å²) in [6.07, 6.45) is 4.04. The third kappa shape index (κ3) is 4.38. The van der Waals surface area contributed by atoms with E-state index in [4.69, 9.17) is 10.1 Å². The Morgan fingerprint density at radius 1 is 1.19 bits per heavy atom. The molecule has 0 bridgehead atoms. The van der Waals surface area contributed by atoms with Crippen molar-refractivity contribution < 1.29 is 14.7 Å². The van der Waals surface area contributed by atoms with Crippen LogP contribution in [0.1, 0.15) is 39.5 Å². The van der Waals surface area contributed by atoms with Gasteiger partial charge in [0.15, 0.2) is 0 Å². The first-order valence-electron chi connectivity index (χ1n) is 10.2. The van der Waals surface area contributed by atoms with Crippen LogP contribution in [-0.2, 0) is 30.7 Å². The number of carbonyl (C=O) groups excluding carboxylic acids is 1. The van der Waals surface area contributed by atoms with E-state index < -0.39 is 5.97 Å². The molecule has 8 nitrogen and oxygen atoms in total. The second kappa shape index (κ2) is 8.60. The van der Waals surface area contributed by atoms with Crippen LogP contribution < -0.4 is 10.9 Å². The van der Waals surface area contributed by atoms with Gasteiger partial charge in [0.05, 0.1) is 17.5 Å². The van der Waals surface area contributed by atoms with Crippen molar-refractivity contribution in [2.45, 2.75) is 38.8 Å².